The summed E-state index contributed by atoms with van der Waals surface area (Å²) in [4.78, 5) is 88.1. The summed E-state index contributed by atoms with van der Waals surface area (Å²) >= 11 is 0. The highest BCUT2D eigenvalue weighted by atomic mass is 19.1. The van der Waals surface area contributed by atoms with E-state index < -0.39 is 69.2 Å². The number of carbonyl (C=O) groups excluding carboxylic acids is 2. The number of nitrogens with zero attached hydrogens (tertiary/aromatic N) is 6. The van der Waals surface area contributed by atoms with Gasteiger partial charge in [-0.25, -0.2) is 31.7 Å². The van der Waals surface area contributed by atoms with Crippen molar-refractivity contribution in [3.63, 3.8) is 0 Å². The van der Waals surface area contributed by atoms with E-state index in [-0.39, 0.29) is 64.8 Å². The van der Waals surface area contributed by atoms with Crippen molar-refractivity contribution in [1.82, 2.24) is 28.2 Å². The predicted octanol–water partition coefficient (Wildman–Crippen LogP) is 10.5. The summed E-state index contributed by atoms with van der Waals surface area (Å²) in [5.41, 5.74) is -2.91. The molecule has 6 aromatic carbocycles. The second-order valence-electron chi connectivity index (χ2n) is 20.9. The van der Waals surface area contributed by atoms with Crippen molar-refractivity contribution >= 4 is 45.0 Å². The van der Waals surface area contributed by atoms with Gasteiger partial charge in [-0.15, -0.1) is 0 Å². The Morgan fingerprint density at radius 2 is 0.989 bits per heavy atom. The lowest BCUT2D eigenvalue weighted by atomic mass is 10.1. The lowest BCUT2D eigenvalue weighted by Crippen LogP contribution is -2.43. The van der Waals surface area contributed by atoms with Crippen LogP contribution in [0.2, 0.25) is 0 Å². The third-order valence-electron chi connectivity index (χ3n) is 14.4. The standard InChI is InChI=1S/C33H28F2N4O7.C32H26F2N4O7/c1-18(2)38-17-22(32(41)39(33(38)42)16-19-4-6-20(34)7-5-19)31(40)37-21-8-9-25(23(35)14-21)46-26-10-11-36-24-15-27(43-3)29-30(28(24)26)45-13-12-44-29;1-17(2)37-16-19(31(40)38(32(37)41)23-7-5-4-6-20(23)33)30(39)36-18-8-9-24(21(34)14-18)45-25-10-11-35-22-15-26(42-3)28-29(27(22)25)44-13-12-43-28/h4-11,14-15,17-18H,12-13,16H2,1-3H3,(H,37,40);4-11,14-17H,12-13H2,1-3H3,(H,36,39). The third kappa shape index (κ3) is 12.3. The van der Waals surface area contributed by atoms with Gasteiger partial charge in [-0.2, -0.15) is 0 Å². The Morgan fingerprint density at radius 3 is 1.45 bits per heavy atom. The molecule has 91 heavy (non-hydrogen) atoms. The molecule has 26 heteroatoms. The molecule has 6 heterocycles. The van der Waals surface area contributed by atoms with Gasteiger partial charge in [0.2, 0.25) is 11.5 Å². The fourth-order valence-electron chi connectivity index (χ4n) is 9.98. The molecule has 0 aliphatic carbocycles. The van der Waals surface area contributed by atoms with E-state index in [0.29, 0.717) is 86.3 Å². The summed E-state index contributed by atoms with van der Waals surface area (Å²) in [7, 11) is 3.00. The number of carbonyl (C=O) groups is 2. The number of rotatable bonds is 15. The van der Waals surface area contributed by atoms with Crippen molar-refractivity contribution in [3.05, 3.63) is 216 Å². The van der Waals surface area contributed by atoms with E-state index in [2.05, 4.69) is 20.6 Å². The number of para-hydroxylation sites is 1. The van der Waals surface area contributed by atoms with Crippen LogP contribution in [0.5, 0.6) is 57.5 Å². The molecule has 2 amide bonds. The zero-order valence-corrected chi connectivity index (χ0v) is 49.3. The zero-order valence-electron chi connectivity index (χ0n) is 49.3. The van der Waals surface area contributed by atoms with Crippen molar-refractivity contribution in [1.29, 1.82) is 0 Å². The van der Waals surface area contributed by atoms with Gasteiger partial charge in [0.25, 0.3) is 22.9 Å². The van der Waals surface area contributed by atoms with Crippen LogP contribution in [0.15, 0.2) is 153 Å². The van der Waals surface area contributed by atoms with Crippen LogP contribution < -0.4 is 71.0 Å². The summed E-state index contributed by atoms with van der Waals surface area (Å²) < 4.78 is 108. The average molecular weight is 1250 g/mol. The monoisotopic (exact) mass is 1250 g/mol. The molecular weight excluding hydrogens is 1190 g/mol. The molecule has 12 rings (SSSR count). The Kier molecular flexibility index (Phi) is 17.3. The van der Waals surface area contributed by atoms with Crippen molar-refractivity contribution in [2.45, 2.75) is 46.3 Å². The summed E-state index contributed by atoms with van der Waals surface area (Å²) in [6.45, 7) is 7.84. The Bertz CT molecular complexity index is 4780. The van der Waals surface area contributed by atoms with Crippen molar-refractivity contribution in [2.75, 3.05) is 51.3 Å². The highest BCUT2D eigenvalue weighted by Crippen LogP contribution is 2.50. The molecule has 4 aromatic heterocycles. The number of hydrogen-bond acceptors (Lipinski definition) is 16. The van der Waals surface area contributed by atoms with Gasteiger partial charge in [0, 0.05) is 72.5 Å². The van der Waals surface area contributed by atoms with Crippen molar-refractivity contribution in [3.8, 4) is 63.2 Å². The molecule has 22 nitrogen and oxygen atoms in total. The number of halogens is 4. The number of methoxy groups -OCH3 is 2. The van der Waals surface area contributed by atoms with E-state index in [1.54, 1.807) is 52.0 Å². The second kappa shape index (κ2) is 25.7. The smallest absolute Gasteiger partial charge is 0.336 e. The highest BCUT2D eigenvalue weighted by Gasteiger charge is 2.28. The van der Waals surface area contributed by atoms with Gasteiger partial charge in [0.05, 0.1) is 48.3 Å². The van der Waals surface area contributed by atoms with Gasteiger partial charge in [-0.3, -0.25) is 42.8 Å². The first-order chi connectivity index (χ1) is 43.8. The molecular formula is C65H54F4N8O14. The summed E-state index contributed by atoms with van der Waals surface area (Å²) in [6.07, 6.45) is 5.27. The van der Waals surface area contributed by atoms with Gasteiger partial charge in [0.1, 0.15) is 60.7 Å². The number of pyridine rings is 2. The summed E-state index contributed by atoms with van der Waals surface area (Å²) in [6, 6.07) is 23.6. The first-order valence-corrected chi connectivity index (χ1v) is 28.1. The molecule has 2 aliphatic heterocycles. The minimum absolute atomic E-state index is 0.00224. The number of aromatic nitrogens is 6. The molecule has 0 saturated heterocycles. The molecule has 10 aromatic rings. The Labute approximate surface area is 512 Å². The number of nitrogens with one attached hydrogen (secondary N) is 2. The van der Waals surface area contributed by atoms with Crippen LogP contribution in [-0.2, 0) is 6.54 Å². The van der Waals surface area contributed by atoms with Crippen molar-refractivity contribution < 1.29 is 65.0 Å². The molecule has 0 saturated carbocycles. The molecule has 0 bridgehead atoms. The van der Waals surface area contributed by atoms with E-state index in [1.807, 2.05) is 0 Å². The highest BCUT2D eigenvalue weighted by molar-refractivity contribution is 6.05. The minimum atomic E-state index is -1.03. The number of ether oxygens (including phenoxy) is 8. The largest absolute Gasteiger partial charge is 0.493 e. The maximum atomic E-state index is 15.4. The Hall–Kier alpha value is -11.4. The maximum Gasteiger partial charge on any atom is 0.336 e. The molecule has 0 fully saturated rings. The Morgan fingerprint density at radius 1 is 0.527 bits per heavy atom. The minimum Gasteiger partial charge on any atom is -0.493 e. The molecule has 0 atom stereocenters. The molecule has 2 N–H and O–H groups in total. The number of fused-ring (bicyclic) bond motifs is 6. The van der Waals surface area contributed by atoms with Crippen LogP contribution >= 0.6 is 0 Å². The number of hydrogen-bond donors (Lipinski definition) is 2. The first kappa shape index (κ1) is 61.2. The summed E-state index contributed by atoms with van der Waals surface area (Å²) in [5.74, 6) is -2.17. The maximum absolute atomic E-state index is 15.4. The third-order valence-corrected chi connectivity index (χ3v) is 14.4. The first-order valence-electron chi connectivity index (χ1n) is 28.1. The van der Waals surface area contributed by atoms with E-state index in [0.717, 1.165) is 33.5 Å². The van der Waals surface area contributed by atoms with Gasteiger partial charge >= 0.3 is 11.4 Å². The number of amides is 2. The zero-order chi connectivity index (χ0) is 64.4. The fourth-order valence-corrected chi connectivity index (χ4v) is 9.98. The van der Waals surface area contributed by atoms with Gasteiger partial charge in [0.15, 0.2) is 46.1 Å². The van der Waals surface area contributed by atoms with E-state index >= 15 is 8.78 Å². The van der Waals surface area contributed by atoms with Crippen molar-refractivity contribution in [2.24, 2.45) is 0 Å². The average Bonchev–Trinajstić information content (AvgIpc) is 0.943. The fraction of sp³-hybridized carbons (Fsp3) is 0.200. The molecule has 2 aliphatic rings. The van der Waals surface area contributed by atoms with Crippen LogP contribution in [0, 0.1) is 23.3 Å². The summed E-state index contributed by atoms with van der Waals surface area (Å²) in [5, 5.41) is 5.92. The van der Waals surface area contributed by atoms with Crippen LogP contribution in [0.4, 0.5) is 28.9 Å². The Balaban J connectivity index is 0.000000187. The lowest BCUT2D eigenvalue weighted by molar-refractivity contribution is 0.101. The predicted molar refractivity (Wildman–Crippen MR) is 325 cm³/mol. The topological polar surface area (TPSA) is 246 Å². The number of benzene rings is 6. The second-order valence-corrected chi connectivity index (χ2v) is 20.9. The van der Waals surface area contributed by atoms with Gasteiger partial charge < -0.3 is 48.5 Å². The van der Waals surface area contributed by atoms with E-state index in [4.69, 9.17) is 37.9 Å². The van der Waals surface area contributed by atoms with E-state index in [1.165, 1.54) is 104 Å². The molecule has 0 unspecified atom stereocenters. The van der Waals surface area contributed by atoms with Gasteiger partial charge in [-0.05, 0) is 93.9 Å². The van der Waals surface area contributed by atoms with Crippen LogP contribution in [0.3, 0.4) is 0 Å². The lowest BCUT2D eigenvalue weighted by Gasteiger charge is -2.23. The van der Waals surface area contributed by atoms with Crippen LogP contribution in [-0.4, -0.2) is 80.7 Å². The van der Waals surface area contributed by atoms with Crippen LogP contribution in [0.25, 0.3) is 27.5 Å². The SMILES string of the molecule is COc1cc2nccc(Oc3ccc(NC(=O)c4cn(C(C)C)c(=O)n(-c5ccccc5F)c4=O)cc3F)c2c2c1OCCO2.COc1cc2nccc(Oc3ccc(NC(=O)c4cn(C(C)C)c(=O)n(Cc5ccc(F)cc5)c4=O)cc3F)c2c2c1OCCO2. The van der Waals surface area contributed by atoms with Gasteiger partial charge in [-0.1, -0.05) is 24.3 Å². The molecule has 0 spiro atoms. The quantitative estimate of drug-likeness (QED) is 0.0906. The molecule has 0 radical (unpaired) electrons. The van der Waals surface area contributed by atoms with Crippen LogP contribution in [0.1, 0.15) is 66.1 Å². The normalized spacial score (nSPS) is 12.3. The van der Waals surface area contributed by atoms with E-state index in [9.17, 15) is 37.5 Å². The number of anilines is 2. The molecule has 466 valence electrons.